The second-order valence-corrected chi connectivity index (χ2v) is 12.7. The van der Waals surface area contributed by atoms with E-state index in [4.69, 9.17) is 9.47 Å². The van der Waals surface area contributed by atoms with E-state index in [1.807, 2.05) is 39.0 Å². The SMILES string of the molecule is CC(C)(C)OC(=O)N1CC=C(c2ccccn2)CC1.CC(C)(C)OC(=O)N1CCC2(c3ccccn3)C(C1)C2(F)F. The fourth-order valence-electron chi connectivity index (χ4n) is 5.31. The van der Waals surface area contributed by atoms with Gasteiger partial charge in [0.1, 0.15) is 11.2 Å². The van der Waals surface area contributed by atoms with Crippen molar-refractivity contribution in [2.45, 2.75) is 76.9 Å². The monoisotopic (exact) mass is 570 g/mol. The van der Waals surface area contributed by atoms with Gasteiger partial charge in [-0.05, 0) is 84.2 Å². The quantitative estimate of drug-likeness (QED) is 0.420. The molecule has 2 amide bonds. The molecule has 2 unspecified atom stereocenters. The standard InChI is InChI=1S/C16H20F2N2O2.C15H20N2O2/c1-14(2,3)22-13(21)20-9-7-15(11(10-20)16(15,17)18)12-6-4-5-8-19-12;1-15(2,3)19-14(18)17-10-7-12(8-11-17)13-6-4-5-9-16-13/h4-6,8,11H,7,9-10H2,1-3H3;4-7,9H,8,10-11H2,1-3H3. The third-order valence-corrected chi connectivity index (χ3v) is 7.35. The van der Waals surface area contributed by atoms with Crippen LogP contribution in [0.3, 0.4) is 0 Å². The lowest BCUT2D eigenvalue weighted by Crippen LogP contribution is -2.43. The minimum atomic E-state index is -2.82. The average Bonchev–Trinajstić information content (AvgIpc) is 3.43. The van der Waals surface area contributed by atoms with Crippen LogP contribution in [-0.2, 0) is 14.9 Å². The van der Waals surface area contributed by atoms with E-state index in [2.05, 4.69) is 16.0 Å². The molecule has 0 radical (unpaired) electrons. The number of halogens is 2. The van der Waals surface area contributed by atoms with Crippen LogP contribution in [0.4, 0.5) is 18.4 Å². The van der Waals surface area contributed by atoms with Gasteiger partial charge in [0.2, 0.25) is 0 Å². The second kappa shape index (κ2) is 11.4. The molecule has 0 N–H and O–H groups in total. The topological polar surface area (TPSA) is 84.9 Å². The van der Waals surface area contributed by atoms with Crippen LogP contribution < -0.4 is 0 Å². The highest BCUT2D eigenvalue weighted by Gasteiger charge is 2.82. The highest BCUT2D eigenvalue weighted by molar-refractivity contribution is 5.72. The summed E-state index contributed by atoms with van der Waals surface area (Å²) in [5, 5.41) is 0. The highest BCUT2D eigenvalue weighted by atomic mass is 19.3. The molecule has 3 aliphatic rings. The Morgan fingerprint density at radius 2 is 1.49 bits per heavy atom. The molecule has 1 aliphatic carbocycles. The van der Waals surface area contributed by atoms with Crippen molar-refractivity contribution in [3.63, 3.8) is 0 Å². The minimum absolute atomic E-state index is 0.0124. The second-order valence-electron chi connectivity index (χ2n) is 12.7. The summed E-state index contributed by atoms with van der Waals surface area (Å²) in [5.41, 5.74) is 0.327. The van der Waals surface area contributed by atoms with E-state index in [0.29, 0.717) is 18.8 Å². The molecule has 2 aromatic rings. The number of piperidine rings is 1. The van der Waals surface area contributed by atoms with Crippen LogP contribution in [0.1, 0.15) is 65.8 Å². The van der Waals surface area contributed by atoms with Gasteiger partial charge in [-0.25, -0.2) is 18.4 Å². The molecule has 2 aliphatic heterocycles. The maximum absolute atomic E-state index is 14.4. The molecule has 41 heavy (non-hydrogen) atoms. The molecular formula is C31H40F2N4O4. The number of nitrogens with zero attached hydrogens (tertiary/aromatic N) is 4. The van der Waals surface area contributed by atoms with E-state index >= 15 is 0 Å². The largest absolute Gasteiger partial charge is 0.444 e. The van der Waals surface area contributed by atoms with Crippen molar-refractivity contribution in [3.8, 4) is 0 Å². The Balaban J connectivity index is 0.000000191. The van der Waals surface area contributed by atoms with Gasteiger partial charge in [0.15, 0.2) is 0 Å². The zero-order valence-corrected chi connectivity index (χ0v) is 24.7. The fraction of sp³-hybridized carbons (Fsp3) is 0.548. The molecule has 1 saturated carbocycles. The lowest BCUT2D eigenvalue weighted by molar-refractivity contribution is 0.0193. The van der Waals surface area contributed by atoms with E-state index in [9.17, 15) is 18.4 Å². The third-order valence-electron chi connectivity index (χ3n) is 7.35. The van der Waals surface area contributed by atoms with Gasteiger partial charge < -0.3 is 19.3 Å². The van der Waals surface area contributed by atoms with Gasteiger partial charge in [-0.1, -0.05) is 18.2 Å². The van der Waals surface area contributed by atoms with Gasteiger partial charge in [-0.2, -0.15) is 0 Å². The average molecular weight is 571 g/mol. The van der Waals surface area contributed by atoms with Crippen molar-refractivity contribution in [2.24, 2.45) is 5.92 Å². The van der Waals surface area contributed by atoms with Crippen molar-refractivity contribution >= 4 is 17.8 Å². The number of pyridine rings is 2. The maximum atomic E-state index is 14.4. The summed E-state index contributed by atoms with van der Waals surface area (Å²) in [7, 11) is 0. The first-order valence-electron chi connectivity index (χ1n) is 14.0. The molecule has 0 bridgehead atoms. The predicted octanol–water partition coefficient (Wildman–Crippen LogP) is 6.33. The number of fused-ring (bicyclic) bond motifs is 1. The van der Waals surface area contributed by atoms with E-state index in [1.54, 1.807) is 50.1 Å². The number of likely N-dealkylation sites (tertiary alicyclic amines) is 1. The van der Waals surface area contributed by atoms with Gasteiger partial charge in [-0.15, -0.1) is 0 Å². The van der Waals surface area contributed by atoms with Crippen molar-refractivity contribution in [3.05, 3.63) is 66.3 Å². The molecular weight excluding hydrogens is 530 g/mol. The van der Waals surface area contributed by atoms with Crippen LogP contribution in [-0.4, -0.2) is 75.3 Å². The lowest BCUT2D eigenvalue weighted by Gasteiger charge is -2.31. The first-order chi connectivity index (χ1) is 19.1. The Morgan fingerprint density at radius 3 is 1.98 bits per heavy atom. The summed E-state index contributed by atoms with van der Waals surface area (Å²) in [6, 6.07) is 11.0. The Hall–Kier alpha value is -3.56. The summed E-state index contributed by atoms with van der Waals surface area (Å²) in [4.78, 5) is 35.6. The molecule has 2 aromatic heterocycles. The zero-order valence-electron chi connectivity index (χ0n) is 24.7. The number of alkyl halides is 2. The van der Waals surface area contributed by atoms with Gasteiger partial charge in [-0.3, -0.25) is 9.97 Å². The summed E-state index contributed by atoms with van der Waals surface area (Å²) < 4.78 is 39.4. The van der Waals surface area contributed by atoms with Crippen LogP contribution in [0.5, 0.6) is 0 Å². The van der Waals surface area contributed by atoms with Crippen LogP contribution in [0, 0.1) is 5.92 Å². The van der Waals surface area contributed by atoms with Gasteiger partial charge in [0, 0.05) is 38.6 Å². The molecule has 0 aromatic carbocycles. The number of carbonyl (C=O) groups is 2. The molecule has 2 fully saturated rings. The smallest absolute Gasteiger partial charge is 0.410 e. The molecule has 1 saturated heterocycles. The van der Waals surface area contributed by atoms with Crippen LogP contribution >= 0.6 is 0 Å². The van der Waals surface area contributed by atoms with Crippen molar-refractivity contribution < 1.29 is 27.8 Å². The zero-order chi connectivity index (χ0) is 30.1. The Labute approximate surface area is 240 Å². The van der Waals surface area contributed by atoms with Gasteiger partial charge in [0.05, 0.1) is 22.7 Å². The normalized spacial score (nSPS) is 23.3. The number of hydrogen-bond donors (Lipinski definition) is 0. The highest BCUT2D eigenvalue weighted by Crippen LogP contribution is 2.69. The van der Waals surface area contributed by atoms with E-state index < -0.39 is 34.6 Å². The number of amides is 2. The number of carbonyl (C=O) groups excluding carboxylic acids is 2. The van der Waals surface area contributed by atoms with E-state index in [-0.39, 0.29) is 25.6 Å². The predicted molar refractivity (Wildman–Crippen MR) is 151 cm³/mol. The summed E-state index contributed by atoms with van der Waals surface area (Å²) >= 11 is 0. The first kappa shape index (κ1) is 30.4. The van der Waals surface area contributed by atoms with Crippen LogP contribution in [0.25, 0.3) is 5.57 Å². The molecule has 2 atom stereocenters. The lowest BCUT2D eigenvalue weighted by atomic mass is 9.91. The van der Waals surface area contributed by atoms with E-state index in [0.717, 1.165) is 12.1 Å². The summed E-state index contributed by atoms with van der Waals surface area (Å²) in [6.07, 6.45) is 5.63. The van der Waals surface area contributed by atoms with Crippen LogP contribution in [0.15, 0.2) is 54.9 Å². The molecule has 222 valence electrons. The van der Waals surface area contributed by atoms with Crippen molar-refractivity contribution in [2.75, 3.05) is 26.2 Å². The van der Waals surface area contributed by atoms with Crippen molar-refractivity contribution in [1.29, 1.82) is 0 Å². The van der Waals surface area contributed by atoms with Gasteiger partial charge >= 0.3 is 12.2 Å². The Kier molecular flexibility index (Phi) is 8.43. The van der Waals surface area contributed by atoms with E-state index in [1.165, 1.54) is 16.7 Å². The fourth-order valence-corrected chi connectivity index (χ4v) is 5.31. The molecule has 5 rings (SSSR count). The molecule has 0 spiro atoms. The molecule has 4 heterocycles. The minimum Gasteiger partial charge on any atom is -0.444 e. The number of aromatic nitrogens is 2. The molecule has 10 heteroatoms. The Morgan fingerprint density at radius 1 is 0.878 bits per heavy atom. The first-order valence-corrected chi connectivity index (χ1v) is 14.0. The third kappa shape index (κ3) is 6.85. The number of hydrogen-bond acceptors (Lipinski definition) is 6. The van der Waals surface area contributed by atoms with Gasteiger partial charge in [0.25, 0.3) is 5.92 Å². The Bertz CT molecular complexity index is 1260. The number of ether oxygens (including phenoxy) is 2. The number of rotatable bonds is 2. The maximum Gasteiger partial charge on any atom is 0.410 e. The summed E-state index contributed by atoms with van der Waals surface area (Å²) in [6.45, 7) is 12.5. The summed E-state index contributed by atoms with van der Waals surface area (Å²) in [5.74, 6) is -3.70. The van der Waals surface area contributed by atoms with Crippen LogP contribution in [0.2, 0.25) is 0 Å². The van der Waals surface area contributed by atoms with Crippen molar-refractivity contribution in [1.82, 2.24) is 19.8 Å². The molecule has 8 nitrogen and oxygen atoms in total.